The van der Waals surface area contributed by atoms with E-state index >= 15 is 0 Å². The number of hydrogen-bond acceptors (Lipinski definition) is 5. The van der Waals surface area contributed by atoms with Gasteiger partial charge in [0.1, 0.15) is 5.75 Å². The average molecular weight is 359 g/mol. The molecule has 0 bridgehead atoms. The van der Waals surface area contributed by atoms with Crippen molar-refractivity contribution in [1.29, 1.82) is 0 Å². The van der Waals surface area contributed by atoms with Gasteiger partial charge in [-0.1, -0.05) is 18.2 Å². The molecule has 1 N–H and O–H groups in total. The van der Waals surface area contributed by atoms with E-state index in [0.29, 0.717) is 39.7 Å². The smallest absolute Gasteiger partial charge is 0.256 e. The van der Waals surface area contributed by atoms with E-state index in [2.05, 4.69) is 15.3 Å². The van der Waals surface area contributed by atoms with E-state index in [1.54, 1.807) is 37.6 Å². The van der Waals surface area contributed by atoms with Crippen molar-refractivity contribution >= 4 is 22.8 Å². The van der Waals surface area contributed by atoms with Gasteiger partial charge < -0.3 is 14.5 Å². The maximum Gasteiger partial charge on any atom is 0.256 e. The standard InChI is InChI=1S/C21H17N3O3/c1-13-6-3-4-7-15(13)20(25)23-16-12-14(9-10-17(16)26-2)21-24-19-18(27-21)8-5-11-22-19/h3-12H,1-2H3,(H,23,25). The summed E-state index contributed by atoms with van der Waals surface area (Å²) in [5.74, 6) is 0.774. The number of oxazole rings is 1. The molecule has 0 spiro atoms. The molecule has 2 heterocycles. The van der Waals surface area contributed by atoms with Crippen LogP contribution in [0, 0.1) is 6.92 Å². The number of fused-ring (bicyclic) bond motifs is 1. The van der Waals surface area contributed by atoms with Gasteiger partial charge in [-0.15, -0.1) is 0 Å². The van der Waals surface area contributed by atoms with E-state index in [1.807, 2.05) is 37.3 Å². The van der Waals surface area contributed by atoms with Gasteiger partial charge in [0.25, 0.3) is 5.91 Å². The monoisotopic (exact) mass is 359 g/mol. The Balaban J connectivity index is 1.70. The molecular formula is C21H17N3O3. The molecule has 0 aliphatic heterocycles. The van der Waals surface area contributed by atoms with Crippen LogP contribution in [0.3, 0.4) is 0 Å². The van der Waals surface area contributed by atoms with Gasteiger partial charge in [0, 0.05) is 17.3 Å². The molecule has 0 radical (unpaired) electrons. The molecule has 0 saturated heterocycles. The molecule has 0 saturated carbocycles. The van der Waals surface area contributed by atoms with Crippen molar-refractivity contribution in [3.8, 4) is 17.2 Å². The van der Waals surface area contributed by atoms with Crippen LogP contribution in [0.5, 0.6) is 5.75 Å². The minimum absolute atomic E-state index is 0.206. The van der Waals surface area contributed by atoms with Gasteiger partial charge >= 0.3 is 0 Å². The van der Waals surface area contributed by atoms with Crippen LogP contribution in [0.4, 0.5) is 5.69 Å². The Morgan fingerprint density at radius 1 is 1.11 bits per heavy atom. The number of nitrogens with one attached hydrogen (secondary N) is 1. The Morgan fingerprint density at radius 3 is 2.74 bits per heavy atom. The summed E-state index contributed by atoms with van der Waals surface area (Å²) < 4.78 is 11.1. The quantitative estimate of drug-likeness (QED) is 0.582. The summed E-state index contributed by atoms with van der Waals surface area (Å²) in [7, 11) is 1.56. The molecule has 0 fully saturated rings. The number of aryl methyl sites for hydroxylation is 1. The van der Waals surface area contributed by atoms with Crippen LogP contribution in [-0.2, 0) is 0 Å². The van der Waals surface area contributed by atoms with Crippen molar-refractivity contribution in [2.24, 2.45) is 0 Å². The van der Waals surface area contributed by atoms with Crippen LogP contribution in [0.25, 0.3) is 22.7 Å². The number of anilines is 1. The van der Waals surface area contributed by atoms with E-state index in [4.69, 9.17) is 9.15 Å². The third-order valence-corrected chi connectivity index (χ3v) is 4.25. The number of benzene rings is 2. The second-order valence-electron chi connectivity index (χ2n) is 6.03. The summed E-state index contributed by atoms with van der Waals surface area (Å²) in [4.78, 5) is 21.3. The number of hydrogen-bond donors (Lipinski definition) is 1. The second-order valence-corrected chi connectivity index (χ2v) is 6.03. The Hall–Kier alpha value is -3.67. The Morgan fingerprint density at radius 2 is 1.96 bits per heavy atom. The van der Waals surface area contributed by atoms with Crippen molar-refractivity contribution in [1.82, 2.24) is 9.97 Å². The molecule has 4 aromatic rings. The minimum Gasteiger partial charge on any atom is -0.495 e. The fourth-order valence-electron chi connectivity index (χ4n) is 2.85. The van der Waals surface area contributed by atoms with Gasteiger partial charge in [-0.25, -0.2) is 4.98 Å². The van der Waals surface area contributed by atoms with Gasteiger partial charge in [-0.05, 0) is 48.9 Å². The molecular weight excluding hydrogens is 342 g/mol. The van der Waals surface area contributed by atoms with Gasteiger partial charge in [-0.3, -0.25) is 4.79 Å². The molecule has 2 aromatic carbocycles. The van der Waals surface area contributed by atoms with Crippen molar-refractivity contribution in [2.75, 3.05) is 12.4 Å². The Labute approximate surface area is 155 Å². The number of ether oxygens (including phenoxy) is 1. The largest absolute Gasteiger partial charge is 0.495 e. The van der Waals surface area contributed by atoms with E-state index in [9.17, 15) is 4.79 Å². The van der Waals surface area contributed by atoms with Crippen molar-refractivity contribution in [2.45, 2.75) is 6.92 Å². The number of carbonyl (C=O) groups is 1. The molecule has 0 aliphatic carbocycles. The fourth-order valence-corrected chi connectivity index (χ4v) is 2.85. The first-order chi connectivity index (χ1) is 13.2. The molecule has 6 heteroatoms. The first-order valence-corrected chi connectivity index (χ1v) is 8.42. The summed E-state index contributed by atoms with van der Waals surface area (Å²) in [5, 5.41) is 2.91. The third-order valence-electron chi connectivity index (χ3n) is 4.25. The molecule has 27 heavy (non-hydrogen) atoms. The van der Waals surface area contributed by atoms with Crippen molar-refractivity contribution in [3.05, 3.63) is 71.9 Å². The lowest BCUT2D eigenvalue weighted by molar-refractivity contribution is 0.102. The van der Waals surface area contributed by atoms with E-state index in [-0.39, 0.29) is 5.91 Å². The van der Waals surface area contributed by atoms with Gasteiger partial charge in [0.05, 0.1) is 12.8 Å². The third kappa shape index (κ3) is 3.25. The Bertz CT molecular complexity index is 1100. The predicted octanol–water partition coefficient (Wildman–Crippen LogP) is 4.46. The fraction of sp³-hybridized carbons (Fsp3) is 0.0952. The Kier molecular flexibility index (Phi) is 4.30. The molecule has 1 amide bonds. The number of nitrogens with zero attached hydrogens (tertiary/aromatic N) is 2. The van der Waals surface area contributed by atoms with Crippen molar-refractivity contribution in [3.63, 3.8) is 0 Å². The number of pyridine rings is 1. The minimum atomic E-state index is -0.206. The van der Waals surface area contributed by atoms with Crippen LogP contribution in [0.2, 0.25) is 0 Å². The molecule has 6 nitrogen and oxygen atoms in total. The lowest BCUT2D eigenvalue weighted by Crippen LogP contribution is -2.14. The van der Waals surface area contributed by atoms with Crippen LogP contribution >= 0.6 is 0 Å². The van der Waals surface area contributed by atoms with Gasteiger partial charge in [-0.2, -0.15) is 4.98 Å². The molecule has 0 unspecified atom stereocenters. The first-order valence-electron chi connectivity index (χ1n) is 8.42. The number of carbonyl (C=O) groups excluding carboxylic acids is 1. The molecule has 2 aromatic heterocycles. The summed E-state index contributed by atoms with van der Waals surface area (Å²) in [6.07, 6.45) is 1.66. The molecule has 0 aliphatic rings. The van der Waals surface area contributed by atoms with Crippen LogP contribution < -0.4 is 10.1 Å². The normalized spacial score (nSPS) is 10.7. The number of methoxy groups -OCH3 is 1. The van der Waals surface area contributed by atoms with Crippen molar-refractivity contribution < 1.29 is 13.9 Å². The number of rotatable bonds is 4. The topological polar surface area (TPSA) is 77.2 Å². The highest BCUT2D eigenvalue weighted by Gasteiger charge is 2.15. The van der Waals surface area contributed by atoms with E-state index in [1.165, 1.54) is 0 Å². The SMILES string of the molecule is COc1ccc(-c2nc3ncccc3o2)cc1NC(=O)c1ccccc1C. The van der Waals surface area contributed by atoms with Gasteiger partial charge in [0.2, 0.25) is 5.89 Å². The number of aromatic nitrogens is 2. The summed E-state index contributed by atoms with van der Waals surface area (Å²) in [6, 6.07) is 16.4. The zero-order valence-electron chi connectivity index (χ0n) is 14.9. The molecule has 4 rings (SSSR count). The average Bonchev–Trinajstić information content (AvgIpc) is 3.12. The maximum atomic E-state index is 12.7. The first kappa shape index (κ1) is 16.8. The lowest BCUT2D eigenvalue weighted by atomic mass is 10.1. The van der Waals surface area contributed by atoms with Gasteiger partial charge in [0.15, 0.2) is 11.2 Å². The lowest BCUT2D eigenvalue weighted by Gasteiger charge is -2.12. The summed E-state index contributed by atoms with van der Waals surface area (Å²) >= 11 is 0. The maximum absolute atomic E-state index is 12.7. The van der Waals surface area contributed by atoms with E-state index < -0.39 is 0 Å². The summed E-state index contributed by atoms with van der Waals surface area (Å²) in [5.41, 5.74) is 3.90. The predicted molar refractivity (Wildman–Crippen MR) is 103 cm³/mol. The number of amides is 1. The second kappa shape index (κ2) is 6.92. The zero-order valence-corrected chi connectivity index (χ0v) is 14.9. The summed E-state index contributed by atoms with van der Waals surface area (Å²) in [6.45, 7) is 1.90. The van der Waals surface area contributed by atoms with Crippen LogP contribution in [-0.4, -0.2) is 23.0 Å². The highest BCUT2D eigenvalue weighted by Crippen LogP contribution is 2.32. The van der Waals surface area contributed by atoms with Crippen LogP contribution in [0.1, 0.15) is 15.9 Å². The molecule has 0 atom stereocenters. The molecule has 134 valence electrons. The zero-order chi connectivity index (χ0) is 18.8. The highest BCUT2D eigenvalue weighted by molar-refractivity contribution is 6.06. The highest BCUT2D eigenvalue weighted by atomic mass is 16.5. The van der Waals surface area contributed by atoms with E-state index in [0.717, 1.165) is 5.56 Å². The van der Waals surface area contributed by atoms with Crippen LogP contribution in [0.15, 0.2) is 65.2 Å².